The van der Waals surface area contributed by atoms with Gasteiger partial charge >= 0.3 is 5.69 Å². The molecule has 0 amide bonds. The Labute approximate surface area is 162 Å². The van der Waals surface area contributed by atoms with Crippen LogP contribution in [0.3, 0.4) is 0 Å². The minimum atomic E-state index is -0.452. The molecular formula is C18H25ClN4O2S. The van der Waals surface area contributed by atoms with Crippen molar-refractivity contribution in [1.82, 2.24) is 9.55 Å². The van der Waals surface area contributed by atoms with Crippen molar-refractivity contribution in [2.75, 3.05) is 30.0 Å². The van der Waals surface area contributed by atoms with Gasteiger partial charge in [-0.3, -0.25) is 14.3 Å². The molecule has 1 aromatic carbocycles. The van der Waals surface area contributed by atoms with Crippen molar-refractivity contribution >= 4 is 34.9 Å². The SMILES string of the molecule is CCCCn1c(N)c(N(C)CCCSc2ccccc2Cl)c(=O)[nH]c1=O. The number of nitrogens with zero attached hydrogens (tertiary/aromatic N) is 2. The molecule has 0 saturated carbocycles. The number of hydrogen-bond acceptors (Lipinski definition) is 5. The summed E-state index contributed by atoms with van der Waals surface area (Å²) in [5, 5.41) is 0.745. The minimum Gasteiger partial charge on any atom is -0.383 e. The average Bonchev–Trinajstić information content (AvgIpc) is 2.59. The van der Waals surface area contributed by atoms with Gasteiger partial charge in [0.25, 0.3) is 5.56 Å². The van der Waals surface area contributed by atoms with E-state index >= 15 is 0 Å². The summed E-state index contributed by atoms with van der Waals surface area (Å²) in [6.45, 7) is 3.19. The van der Waals surface area contributed by atoms with Crippen molar-refractivity contribution in [2.24, 2.45) is 0 Å². The van der Waals surface area contributed by atoms with Gasteiger partial charge in [-0.05, 0) is 30.7 Å². The summed E-state index contributed by atoms with van der Waals surface area (Å²) >= 11 is 7.83. The number of thioether (sulfide) groups is 1. The fourth-order valence-corrected chi connectivity index (χ4v) is 3.82. The van der Waals surface area contributed by atoms with Crippen LogP contribution in [-0.2, 0) is 6.54 Å². The number of hydrogen-bond donors (Lipinski definition) is 2. The first-order chi connectivity index (χ1) is 12.5. The van der Waals surface area contributed by atoms with Crippen LogP contribution in [-0.4, -0.2) is 28.9 Å². The normalized spacial score (nSPS) is 10.9. The van der Waals surface area contributed by atoms with Crippen molar-refractivity contribution in [1.29, 1.82) is 0 Å². The van der Waals surface area contributed by atoms with Gasteiger partial charge in [0.05, 0.1) is 5.02 Å². The van der Waals surface area contributed by atoms with Gasteiger partial charge in [0.2, 0.25) is 0 Å². The zero-order chi connectivity index (χ0) is 19.1. The molecule has 0 saturated heterocycles. The summed E-state index contributed by atoms with van der Waals surface area (Å²) in [6.07, 6.45) is 2.61. The average molecular weight is 397 g/mol. The molecular weight excluding hydrogens is 372 g/mol. The zero-order valence-electron chi connectivity index (χ0n) is 15.1. The fraction of sp³-hybridized carbons (Fsp3) is 0.444. The van der Waals surface area contributed by atoms with E-state index in [9.17, 15) is 9.59 Å². The summed E-state index contributed by atoms with van der Waals surface area (Å²) in [4.78, 5) is 29.4. The Bertz CT molecular complexity index is 850. The van der Waals surface area contributed by atoms with Gasteiger partial charge in [-0.15, -0.1) is 11.8 Å². The number of anilines is 2. The number of aromatic nitrogens is 2. The molecule has 1 heterocycles. The number of H-pyrrole nitrogens is 1. The van der Waals surface area contributed by atoms with Gasteiger partial charge in [-0.25, -0.2) is 4.79 Å². The van der Waals surface area contributed by atoms with Crippen LogP contribution in [0, 0.1) is 0 Å². The Morgan fingerprint density at radius 3 is 2.69 bits per heavy atom. The molecule has 0 bridgehead atoms. The molecule has 0 unspecified atom stereocenters. The molecule has 0 aliphatic rings. The number of aromatic amines is 1. The molecule has 26 heavy (non-hydrogen) atoms. The predicted molar refractivity (Wildman–Crippen MR) is 111 cm³/mol. The van der Waals surface area contributed by atoms with E-state index in [-0.39, 0.29) is 5.82 Å². The lowest BCUT2D eigenvalue weighted by Gasteiger charge is -2.21. The first-order valence-corrected chi connectivity index (χ1v) is 10.0. The van der Waals surface area contributed by atoms with Crippen molar-refractivity contribution < 1.29 is 0 Å². The van der Waals surface area contributed by atoms with Gasteiger partial charge in [0.1, 0.15) is 11.5 Å². The number of nitrogens with one attached hydrogen (secondary N) is 1. The highest BCUT2D eigenvalue weighted by molar-refractivity contribution is 7.99. The maximum Gasteiger partial charge on any atom is 0.330 e. The molecule has 0 fully saturated rings. The molecule has 8 heteroatoms. The lowest BCUT2D eigenvalue weighted by molar-refractivity contribution is 0.603. The summed E-state index contributed by atoms with van der Waals surface area (Å²) in [5.41, 5.74) is 5.58. The lowest BCUT2D eigenvalue weighted by atomic mass is 10.3. The molecule has 2 rings (SSSR count). The predicted octanol–water partition coefficient (Wildman–Crippen LogP) is 3.19. The van der Waals surface area contributed by atoms with Gasteiger partial charge in [0, 0.05) is 25.0 Å². The Kier molecular flexibility index (Phi) is 7.66. The van der Waals surface area contributed by atoms with Crippen LogP contribution in [0.5, 0.6) is 0 Å². The Balaban J connectivity index is 2.02. The van der Waals surface area contributed by atoms with Crippen LogP contribution in [0.15, 0.2) is 38.8 Å². The second-order valence-electron chi connectivity index (χ2n) is 6.05. The highest BCUT2D eigenvalue weighted by Crippen LogP contribution is 2.27. The number of unbranched alkanes of at least 4 members (excludes halogenated alkanes) is 1. The first kappa shape index (κ1) is 20.5. The first-order valence-electron chi connectivity index (χ1n) is 8.66. The molecule has 2 aromatic rings. The molecule has 142 valence electrons. The summed E-state index contributed by atoms with van der Waals surface area (Å²) in [7, 11) is 1.82. The monoisotopic (exact) mass is 396 g/mol. The number of rotatable bonds is 9. The molecule has 6 nitrogen and oxygen atoms in total. The number of halogens is 1. The van der Waals surface area contributed by atoms with E-state index in [1.807, 2.05) is 43.1 Å². The second kappa shape index (κ2) is 9.73. The number of nitrogen functional groups attached to an aromatic ring is 1. The maximum absolute atomic E-state index is 12.2. The molecule has 0 aliphatic heterocycles. The minimum absolute atomic E-state index is 0.230. The Morgan fingerprint density at radius 1 is 1.27 bits per heavy atom. The summed E-state index contributed by atoms with van der Waals surface area (Å²) in [5.74, 6) is 1.09. The molecule has 0 aliphatic carbocycles. The van der Waals surface area contributed by atoms with Crippen molar-refractivity contribution in [3.8, 4) is 0 Å². The molecule has 0 atom stereocenters. The summed E-state index contributed by atoms with van der Waals surface area (Å²) in [6, 6.07) is 7.72. The third-order valence-electron chi connectivity index (χ3n) is 4.06. The van der Waals surface area contributed by atoms with E-state index in [4.69, 9.17) is 17.3 Å². The highest BCUT2D eigenvalue weighted by atomic mass is 35.5. The van der Waals surface area contributed by atoms with Crippen molar-refractivity contribution in [3.05, 3.63) is 50.1 Å². The van der Waals surface area contributed by atoms with Crippen LogP contribution in [0.4, 0.5) is 11.5 Å². The quantitative estimate of drug-likeness (QED) is 0.502. The smallest absolute Gasteiger partial charge is 0.330 e. The molecule has 1 aromatic heterocycles. The molecule has 0 spiro atoms. The Hall–Kier alpha value is -1.86. The van der Waals surface area contributed by atoms with E-state index in [0.717, 1.165) is 34.9 Å². The van der Waals surface area contributed by atoms with E-state index in [2.05, 4.69) is 4.98 Å². The third-order valence-corrected chi connectivity index (χ3v) is 5.66. The van der Waals surface area contributed by atoms with Gasteiger partial charge in [-0.1, -0.05) is 37.1 Å². The van der Waals surface area contributed by atoms with Gasteiger partial charge in [0.15, 0.2) is 0 Å². The van der Waals surface area contributed by atoms with Crippen molar-refractivity contribution in [2.45, 2.75) is 37.6 Å². The van der Waals surface area contributed by atoms with Crippen LogP contribution in [0.25, 0.3) is 0 Å². The lowest BCUT2D eigenvalue weighted by Crippen LogP contribution is -2.37. The van der Waals surface area contributed by atoms with E-state index in [1.165, 1.54) is 4.57 Å². The fourth-order valence-electron chi connectivity index (χ4n) is 2.64. The third kappa shape index (κ3) is 5.08. The second-order valence-corrected chi connectivity index (χ2v) is 7.60. The zero-order valence-corrected chi connectivity index (χ0v) is 16.7. The number of benzene rings is 1. The molecule has 3 N–H and O–H groups in total. The van der Waals surface area contributed by atoms with Crippen molar-refractivity contribution in [3.63, 3.8) is 0 Å². The van der Waals surface area contributed by atoms with E-state index < -0.39 is 11.2 Å². The van der Waals surface area contributed by atoms with Crippen LogP contribution < -0.4 is 21.9 Å². The summed E-state index contributed by atoms with van der Waals surface area (Å²) < 4.78 is 1.44. The van der Waals surface area contributed by atoms with Gasteiger partial charge in [-0.2, -0.15) is 0 Å². The largest absolute Gasteiger partial charge is 0.383 e. The Morgan fingerprint density at radius 2 is 2.00 bits per heavy atom. The van der Waals surface area contributed by atoms with Crippen LogP contribution in [0.1, 0.15) is 26.2 Å². The maximum atomic E-state index is 12.2. The standard InChI is InChI=1S/C18H25ClN4O2S/c1-3-4-11-23-16(20)15(17(24)21-18(23)25)22(2)10-7-12-26-14-9-6-5-8-13(14)19/h5-6,8-9H,3-4,7,10-12,20H2,1-2H3,(H,21,24,25). The van der Waals surface area contributed by atoms with Gasteiger partial charge < -0.3 is 10.6 Å². The molecule has 0 radical (unpaired) electrons. The van der Waals surface area contributed by atoms with Crippen LogP contribution >= 0.6 is 23.4 Å². The number of nitrogens with two attached hydrogens (primary N) is 1. The van der Waals surface area contributed by atoms with Crippen LogP contribution in [0.2, 0.25) is 5.02 Å². The highest BCUT2D eigenvalue weighted by Gasteiger charge is 2.15. The van der Waals surface area contributed by atoms with E-state index in [0.29, 0.717) is 18.8 Å². The van der Waals surface area contributed by atoms with E-state index in [1.54, 1.807) is 11.8 Å². The topological polar surface area (TPSA) is 84.1 Å².